The van der Waals surface area contributed by atoms with Crippen LogP contribution < -0.4 is 20.7 Å². The van der Waals surface area contributed by atoms with Crippen LogP contribution in [0.5, 0.6) is 5.75 Å². The predicted octanol–water partition coefficient (Wildman–Crippen LogP) is 3.68. The van der Waals surface area contributed by atoms with Crippen molar-refractivity contribution in [1.29, 1.82) is 0 Å². The number of carbonyl (C=O) groups excluding carboxylic acids is 2. The molecule has 0 aliphatic rings. The zero-order valence-electron chi connectivity index (χ0n) is 17.7. The molecule has 0 saturated heterocycles. The van der Waals surface area contributed by atoms with Crippen molar-refractivity contribution in [3.63, 3.8) is 0 Å². The van der Waals surface area contributed by atoms with Gasteiger partial charge >= 0.3 is 0 Å². The molecule has 0 bridgehead atoms. The molecule has 0 aliphatic heterocycles. The van der Waals surface area contributed by atoms with Gasteiger partial charge in [0.1, 0.15) is 12.4 Å². The van der Waals surface area contributed by atoms with Gasteiger partial charge in [0.15, 0.2) is 0 Å². The van der Waals surface area contributed by atoms with Crippen molar-refractivity contribution in [2.45, 2.75) is 26.7 Å². The van der Waals surface area contributed by atoms with Gasteiger partial charge in [-0.25, -0.2) is 0 Å². The highest BCUT2D eigenvalue weighted by atomic mass is 16.5. The molecule has 162 valence electrons. The summed E-state index contributed by atoms with van der Waals surface area (Å²) in [6, 6.07) is 14.3. The van der Waals surface area contributed by atoms with Gasteiger partial charge in [0.25, 0.3) is 5.91 Å². The summed E-state index contributed by atoms with van der Waals surface area (Å²) < 4.78 is 10.9. The summed E-state index contributed by atoms with van der Waals surface area (Å²) in [6.45, 7) is 6.47. The fourth-order valence-electron chi connectivity index (χ4n) is 2.63. The standard InChI is InChI=1S/C23H31N3O4/c1-3-5-13-24-23(28)18-9-11-19(12-10-18)26-22(27)17-25-20-7-6-8-21(16-20)30-15-14-29-4-2/h6-12,16,25H,3-5,13-15,17H2,1-2H3,(H,24,28)(H,26,27). The molecular formula is C23H31N3O4. The molecule has 2 rings (SSSR count). The summed E-state index contributed by atoms with van der Waals surface area (Å²) in [4.78, 5) is 24.2. The van der Waals surface area contributed by atoms with Gasteiger partial charge in [-0.05, 0) is 49.7 Å². The van der Waals surface area contributed by atoms with Crippen molar-refractivity contribution in [2.24, 2.45) is 0 Å². The van der Waals surface area contributed by atoms with Gasteiger partial charge in [-0.1, -0.05) is 19.4 Å². The Morgan fingerprint density at radius 3 is 2.50 bits per heavy atom. The highest BCUT2D eigenvalue weighted by Gasteiger charge is 2.07. The number of benzene rings is 2. The first kappa shape index (κ1) is 23.2. The summed E-state index contributed by atoms with van der Waals surface area (Å²) >= 11 is 0. The Hall–Kier alpha value is -3.06. The fraction of sp³-hybridized carbons (Fsp3) is 0.391. The largest absolute Gasteiger partial charge is 0.491 e. The zero-order valence-corrected chi connectivity index (χ0v) is 17.7. The lowest BCUT2D eigenvalue weighted by Crippen LogP contribution is -2.24. The van der Waals surface area contributed by atoms with Crippen LogP contribution in [0.25, 0.3) is 0 Å². The molecular weight excluding hydrogens is 382 g/mol. The van der Waals surface area contributed by atoms with Gasteiger partial charge in [-0.15, -0.1) is 0 Å². The molecule has 0 radical (unpaired) electrons. The SMILES string of the molecule is CCCCNC(=O)c1ccc(NC(=O)CNc2cccc(OCCOCC)c2)cc1. The van der Waals surface area contributed by atoms with E-state index >= 15 is 0 Å². The molecule has 0 aliphatic carbocycles. The van der Waals surface area contributed by atoms with Gasteiger partial charge in [0.2, 0.25) is 5.91 Å². The van der Waals surface area contributed by atoms with Gasteiger partial charge in [0.05, 0.1) is 13.2 Å². The molecule has 2 amide bonds. The van der Waals surface area contributed by atoms with Gasteiger partial charge < -0.3 is 25.4 Å². The van der Waals surface area contributed by atoms with Crippen molar-refractivity contribution in [3.8, 4) is 5.75 Å². The monoisotopic (exact) mass is 413 g/mol. The molecule has 2 aromatic carbocycles. The van der Waals surface area contributed by atoms with E-state index in [1.165, 1.54) is 0 Å². The lowest BCUT2D eigenvalue weighted by molar-refractivity contribution is -0.114. The maximum absolute atomic E-state index is 12.2. The molecule has 7 heteroatoms. The van der Waals surface area contributed by atoms with Crippen LogP contribution in [-0.4, -0.2) is 44.7 Å². The van der Waals surface area contributed by atoms with Crippen LogP contribution >= 0.6 is 0 Å². The highest BCUT2D eigenvalue weighted by molar-refractivity contribution is 5.96. The molecule has 2 aromatic rings. The number of unbranched alkanes of at least 4 members (excludes halogenated alkanes) is 1. The van der Waals surface area contributed by atoms with Crippen LogP contribution in [0, 0.1) is 0 Å². The van der Waals surface area contributed by atoms with Gasteiger partial charge in [-0.2, -0.15) is 0 Å². The third kappa shape index (κ3) is 8.53. The lowest BCUT2D eigenvalue weighted by atomic mass is 10.2. The summed E-state index contributed by atoms with van der Waals surface area (Å²) in [7, 11) is 0. The summed E-state index contributed by atoms with van der Waals surface area (Å²) in [5.74, 6) is 0.428. The van der Waals surface area contributed by atoms with Crippen molar-refractivity contribution >= 4 is 23.2 Å². The molecule has 0 aromatic heterocycles. The molecule has 0 atom stereocenters. The summed E-state index contributed by atoms with van der Waals surface area (Å²) in [5, 5.41) is 8.76. The smallest absolute Gasteiger partial charge is 0.251 e. The Balaban J connectivity index is 1.77. The van der Waals surface area contributed by atoms with Crippen LogP contribution in [-0.2, 0) is 9.53 Å². The van der Waals surface area contributed by atoms with Crippen molar-refractivity contribution in [3.05, 3.63) is 54.1 Å². The number of anilines is 2. The van der Waals surface area contributed by atoms with Gasteiger partial charge in [0, 0.05) is 36.2 Å². The predicted molar refractivity (Wildman–Crippen MR) is 119 cm³/mol. The Morgan fingerprint density at radius 2 is 1.77 bits per heavy atom. The van der Waals surface area contributed by atoms with E-state index in [1.807, 2.05) is 31.2 Å². The highest BCUT2D eigenvalue weighted by Crippen LogP contribution is 2.17. The quantitative estimate of drug-likeness (QED) is 0.436. The first-order valence-electron chi connectivity index (χ1n) is 10.3. The number of nitrogens with one attached hydrogen (secondary N) is 3. The molecule has 7 nitrogen and oxygen atoms in total. The Morgan fingerprint density at radius 1 is 0.967 bits per heavy atom. The summed E-state index contributed by atoms with van der Waals surface area (Å²) in [6.07, 6.45) is 1.99. The average Bonchev–Trinajstić information content (AvgIpc) is 2.76. The van der Waals surface area contributed by atoms with E-state index in [0.717, 1.165) is 18.5 Å². The third-order valence-electron chi connectivity index (χ3n) is 4.23. The van der Waals surface area contributed by atoms with Crippen LogP contribution in [0.2, 0.25) is 0 Å². The second-order valence-electron chi connectivity index (χ2n) is 6.66. The number of rotatable bonds is 13. The van der Waals surface area contributed by atoms with Crippen LogP contribution in [0.15, 0.2) is 48.5 Å². The molecule has 0 saturated carbocycles. The second kappa shape index (κ2) is 13.2. The number of hydrogen-bond acceptors (Lipinski definition) is 5. The molecule has 0 unspecified atom stereocenters. The molecule has 0 spiro atoms. The van der Waals surface area contributed by atoms with Crippen LogP contribution in [0.1, 0.15) is 37.0 Å². The fourth-order valence-corrected chi connectivity index (χ4v) is 2.63. The minimum absolute atomic E-state index is 0.105. The van der Waals surface area contributed by atoms with E-state index in [1.54, 1.807) is 24.3 Å². The average molecular weight is 414 g/mol. The molecule has 30 heavy (non-hydrogen) atoms. The minimum Gasteiger partial charge on any atom is -0.491 e. The maximum atomic E-state index is 12.2. The van der Waals surface area contributed by atoms with E-state index in [4.69, 9.17) is 9.47 Å². The van der Waals surface area contributed by atoms with Crippen molar-refractivity contribution < 1.29 is 19.1 Å². The summed E-state index contributed by atoms with van der Waals surface area (Å²) in [5.41, 5.74) is 2.00. The van der Waals surface area contributed by atoms with Crippen molar-refractivity contribution in [2.75, 3.05) is 43.5 Å². The number of ether oxygens (including phenoxy) is 2. The number of hydrogen-bond donors (Lipinski definition) is 3. The van der Waals surface area contributed by atoms with E-state index in [0.29, 0.717) is 43.4 Å². The molecule has 0 fully saturated rings. The first-order valence-corrected chi connectivity index (χ1v) is 10.3. The lowest BCUT2D eigenvalue weighted by Gasteiger charge is -2.11. The van der Waals surface area contributed by atoms with E-state index in [2.05, 4.69) is 22.9 Å². The van der Waals surface area contributed by atoms with E-state index < -0.39 is 0 Å². The van der Waals surface area contributed by atoms with Crippen molar-refractivity contribution in [1.82, 2.24) is 5.32 Å². The minimum atomic E-state index is -0.183. The second-order valence-corrected chi connectivity index (χ2v) is 6.66. The number of carbonyl (C=O) groups is 2. The Kier molecular flexibility index (Phi) is 10.2. The maximum Gasteiger partial charge on any atom is 0.251 e. The third-order valence-corrected chi connectivity index (χ3v) is 4.23. The first-order chi connectivity index (χ1) is 14.6. The number of amides is 2. The van der Waals surface area contributed by atoms with Crippen LogP contribution in [0.3, 0.4) is 0 Å². The van der Waals surface area contributed by atoms with Crippen LogP contribution in [0.4, 0.5) is 11.4 Å². The van der Waals surface area contributed by atoms with Gasteiger partial charge in [-0.3, -0.25) is 9.59 Å². The topological polar surface area (TPSA) is 88.7 Å². The Labute approximate surface area is 178 Å². The van der Waals surface area contributed by atoms with E-state index in [-0.39, 0.29) is 18.4 Å². The zero-order chi connectivity index (χ0) is 21.6. The molecule has 0 heterocycles. The Bertz CT molecular complexity index is 793. The van der Waals surface area contributed by atoms with E-state index in [9.17, 15) is 9.59 Å². The normalized spacial score (nSPS) is 10.3. The molecule has 3 N–H and O–H groups in total.